The Morgan fingerprint density at radius 3 is 2.79 bits per heavy atom. The zero-order valence-corrected chi connectivity index (χ0v) is 9.00. The van der Waals surface area contributed by atoms with Crippen LogP contribution < -0.4 is 10.5 Å². The van der Waals surface area contributed by atoms with Gasteiger partial charge in [0.15, 0.2) is 0 Å². The third kappa shape index (κ3) is 1.61. The van der Waals surface area contributed by atoms with Gasteiger partial charge in [-0.1, -0.05) is 15.9 Å². The monoisotopic (exact) mass is 259 g/mol. The summed E-state index contributed by atoms with van der Waals surface area (Å²) in [6.45, 7) is 0.665. The maximum Gasteiger partial charge on any atom is 0.266 e. The number of carbonyl (C=O) groups excluding carboxylic acids is 1. The van der Waals surface area contributed by atoms with Crippen molar-refractivity contribution in [2.45, 2.75) is 6.42 Å². The van der Waals surface area contributed by atoms with Gasteiger partial charge in [-0.3, -0.25) is 24.7 Å². The number of nitrogens with one attached hydrogen (secondary N) is 2. The van der Waals surface area contributed by atoms with E-state index < -0.39 is 0 Å². The summed E-state index contributed by atoms with van der Waals surface area (Å²) >= 11 is 3.35. The number of hydrogen-bond donors (Lipinski definition) is 2. The number of aromatic nitrogens is 2. The van der Waals surface area contributed by atoms with Gasteiger partial charge in [0.1, 0.15) is 5.82 Å². The Balaban J connectivity index is 2.20. The van der Waals surface area contributed by atoms with Crippen molar-refractivity contribution in [1.82, 2.24) is 10.2 Å². The maximum absolute atomic E-state index is 11.5. The Morgan fingerprint density at radius 2 is 2.29 bits per heavy atom. The molecule has 1 aliphatic heterocycles. The Bertz CT molecular complexity index is 397. The second kappa shape index (κ2) is 3.61. The van der Waals surface area contributed by atoms with Gasteiger partial charge in [-0.25, -0.2) is 0 Å². The minimum atomic E-state index is -0.213. The van der Waals surface area contributed by atoms with Crippen LogP contribution in [0.4, 0.5) is 5.82 Å². The molecule has 1 fully saturated rings. The molecule has 2 heterocycles. The number of rotatable bonds is 2. The molecule has 1 atom stereocenters. The lowest BCUT2D eigenvalue weighted by Gasteiger charge is -2.12. The number of alkyl halides is 1. The van der Waals surface area contributed by atoms with Crippen LogP contribution in [0, 0.1) is 5.92 Å². The van der Waals surface area contributed by atoms with E-state index in [1.54, 1.807) is 4.90 Å². The van der Waals surface area contributed by atoms with Crippen molar-refractivity contribution in [3.63, 3.8) is 0 Å². The maximum atomic E-state index is 11.5. The predicted molar refractivity (Wildman–Crippen MR) is 55.7 cm³/mol. The minimum absolute atomic E-state index is 0.0599. The van der Waals surface area contributed by atoms with Crippen LogP contribution in [0.1, 0.15) is 6.42 Å². The first-order valence-corrected chi connectivity index (χ1v) is 5.47. The van der Waals surface area contributed by atoms with E-state index in [9.17, 15) is 9.59 Å². The Morgan fingerprint density at radius 1 is 1.50 bits per heavy atom. The van der Waals surface area contributed by atoms with E-state index in [0.717, 1.165) is 5.33 Å². The summed E-state index contributed by atoms with van der Waals surface area (Å²) in [5, 5.41) is 5.90. The van der Waals surface area contributed by atoms with Crippen molar-refractivity contribution in [3.05, 3.63) is 16.4 Å². The van der Waals surface area contributed by atoms with E-state index in [-0.39, 0.29) is 11.5 Å². The van der Waals surface area contributed by atoms with Crippen LogP contribution in [0.25, 0.3) is 0 Å². The Labute approximate surface area is 88.6 Å². The molecule has 2 rings (SSSR count). The summed E-state index contributed by atoms with van der Waals surface area (Å²) in [6, 6.07) is 1.40. The summed E-state index contributed by atoms with van der Waals surface area (Å²) in [7, 11) is 0. The molecule has 1 aromatic heterocycles. The highest BCUT2D eigenvalue weighted by molar-refractivity contribution is 9.09. The second-order valence-electron chi connectivity index (χ2n) is 3.37. The molecular formula is C8H10BrN3O2. The molecule has 0 saturated carbocycles. The molecule has 6 heteroatoms. The van der Waals surface area contributed by atoms with E-state index in [2.05, 4.69) is 26.1 Å². The topological polar surface area (TPSA) is 69.0 Å². The van der Waals surface area contributed by atoms with Crippen molar-refractivity contribution in [1.29, 1.82) is 0 Å². The van der Waals surface area contributed by atoms with Crippen LogP contribution in [-0.2, 0) is 4.79 Å². The normalized spacial score (nSPS) is 21.9. The lowest BCUT2D eigenvalue weighted by atomic mass is 10.2. The first-order valence-electron chi connectivity index (χ1n) is 4.34. The molecule has 0 radical (unpaired) electrons. The van der Waals surface area contributed by atoms with Crippen LogP contribution in [0.2, 0.25) is 0 Å². The lowest BCUT2D eigenvalue weighted by molar-refractivity contribution is -0.117. The first kappa shape index (κ1) is 9.51. The van der Waals surface area contributed by atoms with Gasteiger partial charge in [0.2, 0.25) is 5.91 Å². The molecule has 1 amide bonds. The fourth-order valence-electron chi connectivity index (χ4n) is 1.59. The third-order valence-corrected chi connectivity index (χ3v) is 3.21. The highest BCUT2D eigenvalue weighted by atomic mass is 79.9. The van der Waals surface area contributed by atoms with E-state index in [4.69, 9.17) is 0 Å². The Kier molecular flexibility index (Phi) is 2.45. The molecule has 0 spiro atoms. The van der Waals surface area contributed by atoms with E-state index in [1.807, 2.05) is 0 Å². The van der Waals surface area contributed by atoms with E-state index in [1.165, 1.54) is 6.07 Å². The van der Waals surface area contributed by atoms with Crippen molar-refractivity contribution >= 4 is 27.7 Å². The molecule has 2 N–H and O–H groups in total. The van der Waals surface area contributed by atoms with Gasteiger partial charge >= 0.3 is 0 Å². The van der Waals surface area contributed by atoms with Crippen LogP contribution in [0.5, 0.6) is 0 Å². The average molecular weight is 260 g/mol. The van der Waals surface area contributed by atoms with Crippen LogP contribution >= 0.6 is 15.9 Å². The van der Waals surface area contributed by atoms with Gasteiger partial charge in [0, 0.05) is 24.4 Å². The Hall–Kier alpha value is -1.04. The zero-order valence-electron chi connectivity index (χ0n) is 7.42. The minimum Gasteiger partial charge on any atom is -0.297 e. The number of halogens is 1. The highest BCUT2D eigenvalue weighted by Crippen LogP contribution is 2.23. The van der Waals surface area contributed by atoms with Crippen molar-refractivity contribution < 1.29 is 4.79 Å². The smallest absolute Gasteiger partial charge is 0.266 e. The molecule has 14 heavy (non-hydrogen) atoms. The standard InChI is InChI=1S/C8H10BrN3O2/c9-3-5-1-8(14)12(4-5)6-2-7(13)11-10-6/h2,5H,1,3-4H2,(H2,10,11,13). The van der Waals surface area contributed by atoms with Crippen molar-refractivity contribution in [2.24, 2.45) is 5.92 Å². The SMILES string of the molecule is O=C1CC(CBr)CN1c1cc(=O)[nH][nH]1. The third-order valence-electron chi connectivity index (χ3n) is 2.30. The molecular weight excluding hydrogens is 250 g/mol. The molecule has 1 unspecified atom stereocenters. The average Bonchev–Trinajstić information content (AvgIpc) is 2.71. The van der Waals surface area contributed by atoms with Crippen LogP contribution in [-0.4, -0.2) is 28.0 Å². The molecule has 1 saturated heterocycles. The molecule has 0 bridgehead atoms. The molecule has 1 aromatic rings. The van der Waals surface area contributed by atoms with Crippen LogP contribution in [0.15, 0.2) is 10.9 Å². The first-order chi connectivity index (χ1) is 6.70. The summed E-state index contributed by atoms with van der Waals surface area (Å²) in [4.78, 5) is 24.0. The second-order valence-corrected chi connectivity index (χ2v) is 4.02. The van der Waals surface area contributed by atoms with Crippen molar-refractivity contribution in [2.75, 3.05) is 16.8 Å². The largest absolute Gasteiger partial charge is 0.297 e. The summed E-state index contributed by atoms with van der Waals surface area (Å²) < 4.78 is 0. The fraction of sp³-hybridized carbons (Fsp3) is 0.500. The number of amides is 1. The number of carbonyl (C=O) groups is 1. The van der Waals surface area contributed by atoms with E-state index >= 15 is 0 Å². The van der Waals surface area contributed by atoms with Crippen LogP contribution in [0.3, 0.4) is 0 Å². The quantitative estimate of drug-likeness (QED) is 0.758. The van der Waals surface area contributed by atoms with Gasteiger partial charge < -0.3 is 0 Å². The summed E-state index contributed by atoms with van der Waals surface area (Å²) in [5.74, 6) is 0.953. The number of anilines is 1. The fourth-order valence-corrected chi connectivity index (χ4v) is 2.02. The summed E-state index contributed by atoms with van der Waals surface area (Å²) in [6.07, 6.45) is 0.540. The summed E-state index contributed by atoms with van der Waals surface area (Å²) in [5.41, 5.74) is -0.213. The van der Waals surface area contributed by atoms with E-state index in [0.29, 0.717) is 24.7 Å². The molecule has 1 aliphatic rings. The van der Waals surface area contributed by atoms with Gasteiger partial charge in [0.25, 0.3) is 5.56 Å². The van der Waals surface area contributed by atoms with Gasteiger partial charge in [-0.15, -0.1) is 0 Å². The van der Waals surface area contributed by atoms with Crippen molar-refractivity contribution in [3.8, 4) is 0 Å². The molecule has 0 aliphatic carbocycles. The van der Waals surface area contributed by atoms with Gasteiger partial charge in [-0.05, 0) is 5.92 Å². The molecule has 5 nitrogen and oxygen atoms in total. The highest BCUT2D eigenvalue weighted by Gasteiger charge is 2.30. The number of aromatic amines is 2. The predicted octanol–water partition coefficient (Wildman–Crippen LogP) is 0.451. The number of nitrogens with zero attached hydrogens (tertiary/aromatic N) is 1. The lowest BCUT2D eigenvalue weighted by Crippen LogP contribution is -2.25. The number of hydrogen-bond acceptors (Lipinski definition) is 2. The zero-order chi connectivity index (χ0) is 10.1. The number of H-pyrrole nitrogens is 2. The molecule has 0 aromatic carbocycles. The van der Waals surface area contributed by atoms with Gasteiger partial charge in [-0.2, -0.15) is 0 Å². The van der Waals surface area contributed by atoms with Gasteiger partial charge in [0.05, 0.1) is 0 Å². The molecule has 76 valence electrons.